The molecule has 0 aliphatic carbocycles. The number of likely N-dealkylation sites (N-methyl/N-ethyl adjacent to an activating group) is 1. The Morgan fingerprint density at radius 1 is 0.857 bits per heavy atom. The topological polar surface area (TPSA) is 95.6 Å². The summed E-state index contributed by atoms with van der Waals surface area (Å²) in [5.74, 6) is -1.66. The SMILES string of the molecule is CN(CC(=O)Nc1cccc2ccccc12)C(=O)c1cccc(S(=O)(=O)Nc2ccccc2F)c1. The minimum absolute atomic E-state index is 0.0712. The van der Waals surface area contributed by atoms with Crippen molar-refractivity contribution in [2.75, 3.05) is 23.6 Å². The molecule has 35 heavy (non-hydrogen) atoms. The van der Waals surface area contributed by atoms with Crippen LogP contribution in [0.15, 0.2) is 95.9 Å². The van der Waals surface area contributed by atoms with Crippen molar-refractivity contribution >= 4 is 44.0 Å². The minimum atomic E-state index is -4.14. The fraction of sp³-hybridized carbons (Fsp3) is 0.0769. The van der Waals surface area contributed by atoms with E-state index in [0.717, 1.165) is 16.8 Å². The second-order valence-corrected chi connectivity index (χ2v) is 9.53. The van der Waals surface area contributed by atoms with Crippen LogP contribution in [0.4, 0.5) is 15.8 Å². The number of halogens is 1. The molecule has 0 aliphatic heterocycles. The van der Waals surface area contributed by atoms with Gasteiger partial charge in [-0.2, -0.15) is 0 Å². The molecule has 0 atom stereocenters. The molecule has 2 amide bonds. The minimum Gasteiger partial charge on any atom is -0.332 e. The van der Waals surface area contributed by atoms with Gasteiger partial charge in [0, 0.05) is 23.7 Å². The van der Waals surface area contributed by atoms with Crippen LogP contribution < -0.4 is 10.0 Å². The first kappa shape index (κ1) is 23.9. The van der Waals surface area contributed by atoms with Crippen molar-refractivity contribution in [3.8, 4) is 0 Å². The highest BCUT2D eigenvalue weighted by atomic mass is 32.2. The lowest BCUT2D eigenvalue weighted by molar-refractivity contribution is -0.116. The van der Waals surface area contributed by atoms with E-state index in [4.69, 9.17) is 0 Å². The molecule has 9 heteroatoms. The van der Waals surface area contributed by atoms with Gasteiger partial charge in [0.25, 0.3) is 15.9 Å². The van der Waals surface area contributed by atoms with Gasteiger partial charge in [0.2, 0.25) is 5.91 Å². The fourth-order valence-corrected chi connectivity index (χ4v) is 4.69. The van der Waals surface area contributed by atoms with Gasteiger partial charge in [-0.05, 0) is 41.8 Å². The molecule has 4 aromatic rings. The molecule has 7 nitrogen and oxygen atoms in total. The molecule has 0 heterocycles. The maximum atomic E-state index is 13.9. The first-order valence-electron chi connectivity index (χ1n) is 10.6. The molecule has 0 aliphatic rings. The van der Waals surface area contributed by atoms with Crippen LogP contribution in [0.5, 0.6) is 0 Å². The van der Waals surface area contributed by atoms with Crippen molar-refractivity contribution in [1.82, 2.24) is 4.90 Å². The summed E-state index contributed by atoms with van der Waals surface area (Å²) in [7, 11) is -2.69. The van der Waals surface area contributed by atoms with Gasteiger partial charge in [0.05, 0.1) is 17.1 Å². The first-order valence-corrected chi connectivity index (χ1v) is 12.1. The number of anilines is 2. The van der Waals surface area contributed by atoms with Gasteiger partial charge in [-0.25, -0.2) is 12.8 Å². The summed E-state index contributed by atoms with van der Waals surface area (Å²) in [4.78, 5) is 26.5. The van der Waals surface area contributed by atoms with E-state index in [2.05, 4.69) is 10.0 Å². The molecule has 0 spiro atoms. The zero-order valence-corrected chi connectivity index (χ0v) is 19.6. The Morgan fingerprint density at radius 2 is 1.51 bits per heavy atom. The van der Waals surface area contributed by atoms with Crippen molar-refractivity contribution < 1.29 is 22.4 Å². The quantitative estimate of drug-likeness (QED) is 0.398. The summed E-state index contributed by atoms with van der Waals surface area (Å²) < 4.78 is 41.5. The summed E-state index contributed by atoms with van der Waals surface area (Å²) in [6, 6.07) is 23.8. The lowest BCUT2D eigenvalue weighted by Crippen LogP contribution is -2.35. The summed E-state index contributed by atoms with van der Waals surface area (Å²) >= 11 is 0. The Hall–Kier alpha value is -4.24. The molecule has 0 unspecified atom stereocenters. The van der Waals surface area contributed by atoms with E-state index < -0.39 is 27.7 Å². The highest BCUT2D eigenvalue weighted by Crippen LogP contribution is 2.23. The summed E-state index contributed by atoms with van der Waals surface area (Å²) in [6.07, 6.45) is 0. The Kier molecular flexibility index (Phi) is 6.79. The zero-order valence-electron chi connectivity index (χ0n) is 18.7. The number of hydrogen-bond donors (Lipinski definition) is 2. The second-order valence-electron chi connectivity index (χ2n) is 7.85. The van der Waals surface area contributed by atoms with Gasteiger partial charge in [-0.1, -0.05) is 54.6 Å². The smallest absolute Gasteiger partial charge is 0.262 e. The lowest BCUT2D eigenvalue weighted by Gasteiger charge is -2.18. The molecule has 0 saturated heterocycles. The highest BCUT2D eigenvalue weighted by Gasteiger charge is 2.20. The van der Waals surface area contributed by atoms with Crippen LogP contribution in [0, 0.1) is 5.82 Å². The Balaban J connectivity index is 1.47. The number of para-hydroxylation sites is 1. The maximum absolute atomic E-state index is 13.9. The van der Waals surface area contributed by atoms with Crippen LogP contribution in [-0.4, -0.2) is 38.7 Å². The van der Waals surface area contributed by atoms with E-state index in [1.165, 1.54) is 54.4 Å². The standard InChI is InChI=1S/C26H22FN3O4S/c1-30(17-25(31)28-23-15-7-9-18-8-2-3-12-21(18)23)26(32)19-10-6-11-20(16-19)35(33,34)29-24-14-5-4-13-22(24)27/h2-16,29H,17H2,1H3,(H,28,31). The molecule has 0 saturated carbocycles. The third-order valence-corrected chi connectivity index (χ3v) is 6.66. The monoisotopic (exact) mass is 491 g/mol. The van der Waals surface area contributed by atoms with E-state index in [-0.39, 0.29) is 22.7 Å². The molecule has 0 bridgehead atoms. The van der Waals surface area contributed by atoms with Crippen molar-refractivity contribution in [3.05, 3.63) is 102 Å². The largest absolute Gasteiger partial charge is 0.332 e. The molecule has 0 fully saturated rings. The first-order chi connectivity index (χ1) is 16.7. The second kappa shape index (κ2) is 9.94. The number of hydrogen-bond acceptors (Lipinski definition) is 4. The van der Waals surface area contributed by atoms with Gasteiger partial charge in [0.1, 0.15) is 5.82 Å². The van der Waals surface area contributed by atoms with Crippen LogP contribution >= 0.6 is 0 Å². The van der Waals surface area contributed by atoms with Gasteiger partial charge >= 0.3 is 0 Å². The van der Waals surface area contributed by atoms with E-state index in [0.29, 0.717) is 5.69 Å². The fourth-order valence-electron chi connectivity index (χ4n) is 3.58. The molecular weight excluding hydrogens is 469 g/mol. The number of rotatable bonds is 7. The van der Waals surface area contributed by atoms with Crippen molar-refractivity contribution in [1.29, 1.82) is 0 Å². The molecular formula is C26H22FN3O4S. The molecule has 178 valence electrons. The number of benzene rings is 4. The normalized spacial score (nSPS) is 11.1. The number of carbonyl (C=O) groups is 2. The number of nitrogens with one attached hydrogen (secondary N) is 2. The Morgan fingerprint density at radius 3 is 2.31 bits per heavy atom. The van der Waals surface area contributed by atoms with E-state index >= 15 is 0 Å². The summed E-state index contributed by atoms with van der Waals surface area (Å²) in [5.41, 5.74) is 0.495. The highest BCUT2D eigenvalue weighted by molar-refractivity contribution is 7.92. The van der Waals surface area contributed by atoms with E-state index in [1.54, 1.807) is 6.07 Å². The van der Waals surface area contributed by atoms with E-state index in [1.807, 2.05) is 36.4 Å². The number of nitrogens with zero attached hydrogens (tertiary/aromatic N) is 1. The Bertz CT molecular complexity index is 1520. The van der Waals surface area contributed by atoms with Gasteiger partial charge in [-0.3, -0.25) is 14.3 Å². The zero-order chi connectivity index (χ0) is 25.0. The molecule has 4 aromatic carbocycles. The molecule has 0 radical (unpaired) electrons. The Labute approximate surface area is 202 Å². The lowest BCUT2D eigenvalue weighted by atomic mass is 10.1. The van der Waals surface area contributed by atoms with Crippen molar-refractivity contribution in [2.45, 2.75) is 4.90 Å². The third kappa shape index (κ3) is 5.47. The average molecular weight is 492 g/mol. The number of fused-ring (bicyclic) bond motifs is 1. The van der Waals surface area contributed by atoms with Crippen LogP contribution in [0.2, 0.25) is 0 Å². The average Bonchev–Trinajstić information content (AvgIpc) is 2.85. The van der Waals surface area contributed by atoms with Gasteiger partial charge in [0.15, 0.2) is 0 Å². The molecule has 4 rings (SSSR count). The van der Waals surface area contributed by atoms with Crippen LogP contribution in [0.3, 0.4) is 0 Å². The van der Waals surface area contributed by atoms with E-state index in [9.17, 15) is 22.4 Å². The van der Waals surface area contributed by atoms with Crippen LogP contribution in [0.25, 0.3) is 10.8 Å². The summed E-state index contributed by atoms with van der Waals surface area (Å²) in [6.45, 7) is -0.244. The molecule has 2 N–H and O–H groups in total. The predicted octanol–water partition coefficient (Wildman–Crippen LogP) is 4.49. The number of sulfonamides is 1. The molecule has 0 aromatic heterocycles. The predicted molar refractivity (Wildman–Crippen MR) is 133 cm³/mol. The van der Waals surface area contributed by atoms with Crippen molar-refractivity contribution in [2.24, 2.45) is 0 Å². The van der Waals surface area contributed by atoms with Gasteiger partial charge < -0.3 is 10.2 Å². The van der Waals surface area contributed by atoms with Crippen molar-refractivity contribution in [3.63, 3.8) is 0 Å². The van der Waals surface area contributed by atoms with Crippen LogP contribution in [-0.2, 0) is 14.8 Å². The summed E-state index contributed by atoms with van der Waals surface area (Å²) in [5, 5.41) is 4.66. The third-order valence-electron chi connectivity index (χ3n) is 5.30. The van der Waals surface area contributed by atoms with Crippen LogP contribution in [0.1, 0.15) is 10.4 Å². The number of amides is 2. The number of carbonyl (C=O) groups excluding carboxylic acids is 2. The maximum Gasteiger partial charge on any atom is 0.262 e. The van der Waals surface area contributed by atoms with Gasteiger partial charge in [-0.15, -0.1) is 0 Å².